The lowest BCUT2D eigenvalue weighted by Crippen LogP contribution is -2.45. The van der Waals surface area contributed by atoms with E-state index in [-0.39, 0.29) is 11.9 Å². The van der Waals surface area contributed by atoms with Crippen molar-refractivity contribution >= 4 is 22.0 Å². The number of nitrogens with one attached hydrogen (secondary N) is 1. The highest BCUT2D eigenvalue weighted by atomic mass is 32.2. The van der Waals surface area contributed by atoms with Gasteiger partial charge in [0.2, 0.25) is 15.9 Å². The highest BCUT2D eigenvalue weighted by Gasteiger charge is 2.23. The summed E-state index contributed by atoms with van der Waals surface area (Å²) in [4.78, 5) is 14.1. The van der Waals surface area contributed by atoms with Crippen LogP contribution >= 0.6 is 0 Å². The molecule has 8 heteroatoms. The highest BCUT2D eigenvalue weighted by molar-refractivity contribution is 7.88. The van der Waals surface area contributed by atoms with Crippen LogP contribution in [0.15, 0.2) is 24.3 Å². The maximum atomic E-state index is 12.4. The Hall–Kier alpha value is -2.06. The third kappa shape index (κ3) is 5.22. The quantitative estimate of drug-likeness (QED) is 0.798. The molecule has 26 heavy (non-hydrogen) atoms. The Balaban J connectivity index is 1.56. The van der Waals surface area contributed by atoms with Crippen LogP contribution in [0.3, 0.4) is 0 Å². The summed E-state index contributed by atoms with van der Waals surface area (Å²) in [6.45, 7) is 2.34. The summed E-state index contributed by atoms with van der Waals surface area (Å²) in [6, 6.07) is 5.51. The molecule has 0 saturated carbocycles. The van der Waals surface area contributed by atoms with Crippen LogP contribution in [0.25, 0.3) is 6.08 Å². The molecular weight excluding hydrogens is 356 g/mol. The summed E-state index contributed by atoms with van der Waals surface area (Å²) in [7, 11) is -3.21. The van der Waals surface area contributed by atoms with Crippen LogP contribution in [-0.2, 0) is 14.8 Å². The lowest BCUT2D eigenvalue weighted by atomic mass is 10.1. The Morgan fingerprint density at radius 3 is 2.58 bits per heavy atom. The van der Waals surface area contributed by atoms with Gasteiger partial charge in [-0.15, -0.1) is 0 Å². The molecule has 0 unspecified atom stereocenters. The zero-order valence-electron chi connectivity index (χ0n) is 14.8. The van der Waals surface area contributed by atoms with E-state index in [0.717, 1.165) is 24.0 Å². The van der Waals surface area contributed by atoms with Crippen molar-refractivity contribution in [2.75, 3.05) is 32.6 Å². The Morgan fingerprint density at radius 1 is 1.19 bits per heavy atom. The first-order chi connectivity index (χ1) is 12.4. The maximum Gasteiger partial charge on any atom is 0.246 e. The predicted molar refractivity (Wildman–Crippen MR) is 98.7 cm³/mol. The molecule has 1 aromatic rings. The van der Waals surface area contributed by atoms with Crippen LogP contribution in [0, 0.1) is 0 Å². The third-order valence-electron chi connectivity index (χ3n) is 4.38. The smallest absolute Gasteiger partial charge is 0.246 e. The molecule has 7 nitrogen and oxygen atoms in total. The number of benzene rings is 1. The monoisotopic (exact) mass is 380 g/mol. The molecule has 0 bridgehead atoms. The molecule has 0 aromatic heterocycles. The van der Waals surface area contributed by atoms with Crippen LogP contribution in [0.4, 0.5) is 0 Å². The van der Waals surface area contributed by atoms with Gasteiger partial charge in [-0.3, -0.25) is 4.79 Å². The second-order valence-electron chi connectivity index (χ2n) is 6.58. The van der Waals surface area contributed by atoms with Crippen molar-refractivity contribution in [3.8, 4) is 11.5 Å². The van der Waals surface area contributed by atoms with Crippen molar-refractivity contribution in [2.45, 2.75) is 25.3 Å². The standard InChI is InChI=1S/C18H24N2O5S/c1-26(22,23)19-15-7-9-20(10-8-15)18(21)6-4-14-3-5-16-17(13-14)25-12-2-11-24-16/h3-6,13,15,19H,2,7-12H2,1H3. The van der Waals surface area contributed by atoms with Gasteiger partial charge in [0.05, 0.1) is 19.5 Å². The highest BCUT2D eigenvalue weighted by Crippen LogP contribution is 2.30. The molecule has 1 fully saturated rings. The van der Waals surface area contributed by atoms with Gasteiger partial charge in [-0.2, -0.15) is 0 Å². The number of rotatable bonds is 4. The molecule has 2 heterocycles. The first kappa shape index (κ1) is 18.7. The topological polar surface area (TPSA) is 84.9 Å². The van der Waals surface area contributed by atoms with Gasteiger partial charge in [-0.25, -0.2) is 13.1 Å². The largest absolute Gasteiger partial charge is 0.490 e. The van der Waals surface area contributed by atoms with E-state index >= 15 is 0 Å². The summed E-state index contributed by atoms with van der Waals surface area (Å²) in [5, 5.41) is 0. The third-order valence-corrected chi connectivity index (χ3v) is 5.14. The second kappa shape index (κ2) is 8.09. The van der Waals surface area contributed by atoms with Gasteiger partial charge in [0, 0.05) is 31.6 Å². The fourth-order valence-electron chi connectivity index (χ4n) is 3.08. The van der Waals surface area contributed by atoms with E-state index in [1.165, 1.54) is 0 Å². The number of likely N-dealkylation sites (tertiary alicyclic amines) is 1. The van der Waals surface area contributed by atoms with E-state index in [4.69, 9.17) is 9.47 Å². The van der Waals surface area contributed by atoms with Crippen molar-refractivity contribution in [1.82, 2.24) is 9.62 Å². The van der Waals surface area contributed by atoms with Gasteiger partial charge in [0.1, 0.15) is 0 Å². The van der Waals surface area contributed by atoms with Crippen LogP contribution in [-0.4, -0.2) is 57.8 Å². The summed E-state index contributed by atoms with van der Waals surface area (Å²) in [5.74, 6) is 1.35. The number of hydrogen-bond acceptors (Lipinski definition) is 5. The van der Waals surface area contributed by atoms with Gasteiger partial charge in [-0.05, 0) is 36.6 Å². The molecule has 1 amide bonds. The maximum absolute atomic E-state index is 12.4. The zero-order valence-corrected chi connectivity index (χ0v) is 15.6. The van der Waals surface area contributed by atoms with Crippen LogP contribution < -0.4 is 14.2 Å². The molecule has 3 rings (SSSR count). The van der Waals surface area contributed by atoms with Crippen LogP contribution in [0.2, 0.25) is 0 Å². The molecule has 0 spiro atoms. The van der Waals surface area contributed by atoms with E-state index in [0.29, 0.717) is 44.9 Å². The summed E-state index contributed by atoms with van der Waals surface area (Å²) >= 11 is 0. The van der Waals surface area contributed by atoms with Crippen molar-refractivity contribution < 1.29 is 22.7 Å². The molecule has 1 aromatic carbocycles. The number of ether oxygens (including phenoxy) is 2. The molecular formula is C18H24N2O5S. The van der Waals surface area contributed by atoms with Gasteiger partial charge >= 0.3 is 0 Å². The summed E-state index contributed by atoms with van der Waals surface area (Å²) in [6.07, 6.45) is 6.56. The average molecular weight is 380 g/mol. The van der Waals surface area contributed by atoms with E-state index in [1.807, 2.05) is 18.2 Å². The minimum atomic E-state index is -3.21. The Morgan fingerprint density at radius 2 is 1.88 bits per heavy atom. The molecule has 1 saturated heterocycles. The van der Waals surface area contributed by atoms with Crippen molar-refractivity contribution in [3.05, 3.63) is 29.8 Å². The van der Waals surface area contributed by atoms with E-state index < -0.39 is 10.0 Å². The molecule has 0 aliphatic carbocycles. The number of carbonyl (C=O) groups is 1. The summed E-state index contributed by atoms with van der Waals surface area (Å²) < 4.78 is 36.4. The summed E-state index contributed by atoms with van der Waals surface area (Å²) in [5.41, 5.74) is 0.872. The number of amides is 1. The molecule has 0 atom stereocenters. The van der Waals surface area contributed by atoms with Gasteiger partial charge in [0.25, 0.3) is 0 Å². The Bertz CT molecular complexity index is 783. The molecule has 142 valence electrons. The van der Waals surface area contributed by atoms with Crippen LogP contribution in [0.1, 0.15) is 24.8 Å². The lowest BCUT2D eigenvalue weighted by Gasteiger charge is -2.31. The number of nitrogens with zero attached hydrogens (tertiary/aromatic N) is 1. The first-order valence-corrected chi connectivity index (χ1v) is 10.6. The fraction of sp³-hybridized carbons (Fsp3) is 0.500. The zero-order chi connectivity index (χ0) is 18.6. The Labute approximate surface area is 154 Å². The minimum absolute atomic E-state index is 0.0742. The van der Waals surface area contributed by atoms with Crippen molar-refractivity contribution in [2.24, 2.45) is 0 Å². The van der Waals surface area contributed by atoms with E-state index in [2.05, 4.69) is 4.72 Å². The number of piperidine rings is 1. The SMILES string of the molecule is CS(=O)(=O)NC1CCN(C(=O)C=Cc2ccc3c(c2)OCCCO3)CC1. The minimum Gasteiger partial charge on any atom is -0.490 e. The normalized spacial score (nSPS) is 18.7. The molecule has 2 aliphatic rings. The van der Waals surface area contributed by atoms with Crippen molar-refractivity contribution in [1.29, 1.82) is 0 Å². The number of hydrogen-bond donors (Lipinski definition) is 1. The fourth-order valence-corrected chi connectivity index (χ4v) is 3.92. The number of sulfonamides is 1. The molecule has 2 aliphatic heterocycles. The number of fused-ring (bicyclic) bond motifs is 1. The molecule has 1 N–H and O–H groups in total. The van der Waals surface area contributed by atoms with Crippen molar-refractivity contribution in [3.63, 3.8) is 0 Å². The van der Waals surface area contributed by atoms with Crippen LogP contribution in [0.5, 0.6) is 11.5 Å². The predicted octanol–water partition coefficient (Wildman–Crippen LogP) is 1.40. The average Bonchev–Trinajstić information content (AvgIpc) is 2.83. The van der Waals surface area contributed by atoms with Gasteiger partial charge < -0.3 is 14.4 Å². The Kier molecular flexibility index (Phi) is 5.83. The number of carbonyl (C=O) groups excluding carboxylic acids is 1. The lowest BCUT2D eigenvalue weighted by molar-refractivity contribution is -0.126. The van der Waals surface area contributed by atoms with Gasteiger partial charge in [0.15, 0.2) is 11.5 Å². The van der Waals surface area contributed by atoms with E-state index in [1.54, 1.807) is 17.1 Å². The van der Waals surface area contributed by atoms with Gasteiger partial charge in [-0.1, -0.05) is 6.07 Å². The molecule has 0 radical (unpaired) electrons. The second-order valence-corrected chi connectivity index (χ2v) is 8.36. The van der Waals surface area contributed by atoms with E-state index in [9.17, 15) is 13.2 Å². The first-order valence-electron chi connectivity index (χ1n) is 8.75.